The summed E-state index contributed by atoms with van der Waals surface area (Å²) in [7, 11) is 0. The van der Waals surface area contributed by atoms with E-state index in [1.54, 1.807) is 23.9 Å². The van der Waals surface area contributed by atoms with Crippen molar-refractivity contribution in [2.45, 2.75) is 31.6 Å². The standard InChI is InChI=1S/C31H39ClN4O2S/c1-31(2)24-9-8-23(28(31)20-24)21-36(30(38)33-26-12-10-25(32)11-13-26)19-16-34-14-17-35(18-15-34)29(37)22-39-27-6-4-3-5-7-27/h3-8,10-13,24,28H,9,14-22H2,1-2H3,(H,33,38). The third-order valence-corrected chi connectivity index (χ3v) is 10.1. The van der Waals surface area contributed by atoms with Crippen molar-refractivity contribution in [3.8, 4) is 0 Å². The first-order valence-electron chi connectivity index (χ1n) is 14.0. The molecule has 39 heavy (non-hydrogen) atoms. The van der Waals surface area contributed by atoms with Crippen molar-refractivity contribution in [2.75, 3.05) is 56.9 Å². The first kappa shape index (κ1) is 28.1. The van der Waals surface area contributed by atoms with Gasteiger partial charge in [0.25, 0.3) is 0 Å². The number of fused-ring (bicyclic) bond motifs is 1. The second-order valence-electron chi connectivity index (χ2n) is 11.5. The maximum atomic E-state index is 13.4. The number of thioether (sulfide) groups is 1. The van der Waals surface area contributed by atoms with Crippen LogP contribution in [0.3, 0.4) is 0 Å². The highest BCUT2D eigenvalue weighted by atomic mass is 35.5. The number of allylic oxidation sites excluding steroid dienone is 1. The van der Waals surface area contributed by atoms with E-state index in [4.69, 9.17) is 11.6 Å². The summed E-state index contributed by atoms with van der Waals surface area (Å²) < 4.78 is 0. The van der Waals surface area contributed by atoms with E-state index < -0.39 is 0 Å². The number of nitrogens with zero attached hydrogens (tertiary/aromatic N) is 3. The van der Waals surface area contributed by atoms with Crippen molar-refractivity contribution >= 4 is 41.0 Å². The largest absolute Gasteiger partial charge is 0.339 e. The molecule has 2 atom stereocenters. The topological polar surface area (TPSA) is 55.9 Å². The van der Waals surface area contributed by atoms with Gasteiger partial charge in [0.2, 0.25) is 5.91 Å². The van der Waals surface area contributed by atoms with Gasteiger partial charge in [-0.05, 0) is 66.5 Å². The minimum absolute atomic E-state index is 0.0794. The number of halogens is 1. The maximum absolute atomic E-state index is 13.4. The Kier molecular flexibility index (Phi) is 8.89. The van der Waals surface area contributed by atoms with Crippen molar-refractivity contribution in [2.24, 2.45) is 17.3 Å². The predicted octanol–water partition coefficient (Wildman–Crippen LogP) is 6.10. The molecule has 3 amide bonds. The summed E-state index contributed by atoms with van der Waals surface area (Å²) in [6, 6.07) is 17.2. The molecule has 2 unspecified atom stereocenters. The second-order valence-corrected chi connectivity index (χ2v) is 13.0. The molecule has 8 heteroatoms. The average Bonchev–Trinajstić information content (AvgIpc) is 2.96. The van der Waals surface area contributed by atoms with E-state index in [9.17, 15) is 9.59 Å². The minimum Gasteiger partial charge on any atom is -0.339 e. The van der Waals surface area contributed by atoms with Crippen molar-refractivity contribution < 1.29 is 9.59 Å². The molecule has 6 rings (SSSR count). The average molecular weight is 567 g/mol. The van der Waals surface area contributed by atoms with Crippen molar-refractivity contribution in [3.05, 3.63) is 71.3 Å². The van der Waals surface area contributed by atoms with Gasteiger partial charge in [-0.25, -0.2) is 4.79 Å². The quantitative estimate of drug-likeness (QED) is 0.294. The molecule has 0 aromatic heterocycles. The van der Waals surface area contributed by atoms with Gasteiger partial charge in [-0.3, -0.25) is 9.69 Å². The SMILES string of the molecule is CC1(C)C2CC=C(CN(CCN3CCN(C(=O)CSc4ccccc4)CC3)C(=O)Nc3ccc(Cl)cc3)C1C2. The first-order chi connectivity index (χ1) is 18.8. The Hall–Kier alpha value is -2.48. The lowest BCUT2D eigenvalue weighted by molar-refractivity contribution is -0.130. The lowest BCUT2D eigenvalue weighted by atomic mass is 9.49. The van der Waals surface area contributed by atoms with Gasteiger partial charge in [-0.15, -0.1) is 11.8 Å². The van der Waals surface area contributed by atoms with Gasteiger partial charge in [0, 0.05) is 61.4 Å². The molecule has 2 fully saturated rings. The van der Waals surface area contributed by atoms with E-state index in [0.717, 1.165) is 55.6 Å². The van der Waals surface area contributed by atoms with Crippen LogP contribution in [0, 0.1) is 17.3 Å². The van der Waals surface area contributed by atoms with E-state index >= 15 is 0 Å². The molecule has 208 valence electrons. The van der Waals surface area contributed by atoms with Gasteiger partial charge in [0.15, 0.2) is 0 Å². The molecule has 1 heterocycles. The van der Waals surface area contributed by atoms with Gasteiger partial charge in [-0.1, -0.05) is 55.3 Å². The summed E-state index contributed by atoms with van der Waals surface area (Å²) >= 11 is 7.63. The lowest BCUT2D eigenvalue weighted by Gasteiger charge is -2.57. The van der Waals surface area contributed by atoms with Gasteiger partial charge in [-0.2, -0.15) is 0 Å². The van der Waals surface area contributed by atoms with E-state index in [0.29, 0.717) is 35.2 Å². The number of anilines is 1. The Labute approximate surface area is 241 Å². The summed E-state index contributed by atoms with van der Waals surface area (Å²) in [5.74, 6) is 1.99. The van der Waals surface area contributed by atoms with E-state index in [-0.39, 0.29) is 11.9 Å². The molecule has 2 aromatic carbocycles. The fraction of sp³-hybridized carbons (Fsp3) is 0.484. The fourth-order valence-corrected chi connectivity index (χ4v) is 7.05. The number of urea groups is 1. The molecule has 4 aliphatic rings. The molecule has 2 bridgehead atoms. The molecule has 1 N–H and O–H groups in total. The zero-order chi connectivity index (χ0) is 27.4. The maximum Gasteiger partial charge on any atom is 0.322 e. The molecule has 6 nitrogen and oxygen atoms in total. The van der Waals surface area contributed by atoms with Crippen LogP contribution in [0.25, 0.3) is 0 Å². The number of carbonyl (C=O) groups is 2. The molecule has 3 aliphatic carbocycles. The third-order valence-electron chi connectivity index (χ3n) is 8.86. The zero-order valence-corrected chi connectivity index (χ0v) is 24.5. The Morgan fingerprint density at radius 1 is 1.05 bits per heavy atom. The molecule has 0 radical (unpaired) electrons. The summed E-state index contributed by atoms with van der Waals surface area (Å²) in [5.41, 5.74) is 2.47. The number of benzene rings is 2. The van der Waals surface area contributed by atoms with Gasteiger partial charge in [0.05, 0.1) is 5.75 Å². The van der Waals surface area contributed by atoms with Crippen LogP contribution in [0.15, 0.2) is 71.1 Å². The fourth-order valence-electron chi connectivity index (χ4n) is 6.10. The Bertz CT molecular complexity index is 1180. The number of nitrogens with one attached hydrogen (secondary N) is 1. The second kappa shape index (κ2) is 12.4. The molecular weight excluding hydrogens is 528 g/mol. The minimum atomic E-state index is -0.0794. The van der Waals surface area contributed by atoms with Crippen molar-refractivity contribution in [1.29, 1.82) is 0 Å². The van der Waals surface area contributed by atoms with Crippen LogP contribution in [-0.4, -0.2) is 78.2 Å². The van der Waals surface area contributed by atoms with Crippen LogP contribution >= 0.6 is 23.4 Å². The number of piperazine rings is 1. The highest BCUT2D eigenvalue weighted by Gasteiger charge is 2.51. The molecular formula is C31H39ClN4O2S. The van der Waals surface area contributed by atoms with Crippen LogP contribution in [0.5, 0.6) is 0 Å². The molecule has 2 aromatic rings. The number of hydrogen-bond acceptors (Lipinski definition) is 4. The van der Waals surface area contributed by atoms with Crippen LogP contribution in [0.2, 0.25) is 5.02 Å². The molecule has 1 saturated carbocycles. The number of rotatable bonds is 9. The van der Waals surface area contributed by atoms with Crippen LogP contribution in [0.1, 0.15) is 26.7 Å². The van der Waals surface area contributed by atoms with Crippen LogP contribution in [0.4, 0.5) is 10.5 Å². The smallest absolute Gasteiger partial charge is 0.322 e. The van der Waals surface area contributed by atoms with Crippen LogP contribution in [-0.2, 0) is 4.79 Å². The third kappa shape index (κ3) is 6.82. The number of carbonyl (C=O) groups excluding carboxylic acids is 2. The summed E-state index contributed by atoms with van der Waals surface area (Å²) in [6.07, 6.45) is 4.73. The number of amides is 3. The highest BCUT2D eigenvalue weighted by Crippen LogP contribution is 2.59. The van der Waals surface area contributed by atoms with Crippen molar-refractivity contribution in [3.63, 3.8) is 0 Å². The summed E-state index contributed by atoms with van der Waals surface area (Å²) in [4.78, 5) is 33.6. The number of hydrogen-bond donors (Lipinski definition) is 1. The molecule has 0 spiro atoms. The Balaban J connectivity index is 1.15. The monoisotopic (exact) mass is 566 g/mol. The Morgan fingerprint density at radius 3 is 2.44 bits per heavy atom. The summed E-state index contributed by atoms with van der Waals surface area (Å²) in [6.45, 7) is 9.95. The van der Waals surface area contributed by atoms with E-state index in [1.807, 2.05) is 52.3 Å². The van der Waals surface area contributed by atoms with Gasteiger partial charge in [0.1, 0.15) is 0 Å². The molecule has 1 saturated heterocycles. The van der Waals surface area contributed by atoms with E-state index in [1.165, 1.54) is 12.0 Å². The lowest BCUT2D eigenvalue weighted by Crippen LogP contribution is -2.53. The summed E-state index contributed by atoms with van der Waals surface area (Å²) in [5, 5.41) is 3.72. The highest BCUT2D eigenvalue weighted by molar-refractivity contribution is 8.00. The van der Waals surface area contributed by atoms with Crippen LogP contribution < -0.4 is 5.32 Å². The van der Waals surface area contributed by atoms with Crippen molar-refractivity contribution in [1.82, 2.24) is 14.7 Å². The van der Waals surface area contributed by atoms with Gasteiger partial charge < -0.3 is 15.1 Å². The van der Waals surface area contributed by atoms with Gasteiger partial charge >= 0.3 is 6.03 Å². The Morgan fingerprint density at radius 2 is 1.77 bits per heavy atom. The zero-order valence-electron chi connectivity index (χ0n) is 22.9. The predicted molar refractivity (Wildman–Crippen MR) is 160 cm³/mol. The first-order valence-corrected chi connectivity index (χ1v) is 15.3. The van der Waals surface area contributed by atoms with E-state index in [2.05, 4.69) is 30.1 Å². The molecule has 1 aliphatic heterocycles. The normalized spacial score (nSPS) is 22.0.